The van der Waals surface area contributed by atoms with Crippen LogP contribution in [0, 0.1) is 0 Å². The zero-order valence-electron chi connectivity index (χ0n) is 11.5. The number of likely N-dealkylation sites (tertiary alicyclic amines) is 1. The molecule has 1 aromatic rings. The summed E-state index contributed by atoms with van der Waals surface area (Å²) in [6.07, 6.45) is 3.31. The number of sulfonamides is 1. The fourth-order valence-electron chi connectivity index (χ4n) is 2.36. The van der Waals surface area contributed by atoms with Gasteiger partial charge in [-0.1, -0.05) is 27.5 Å². The van der Waals surface area contributed by atoms with Gasteiger partial charge in [0.1, 0.15) is 4.90 Å². The molecular formula is C13H18BrClN2O3S. The Kier molecular flexibility index (Phi) is 5.90. The van der Waals surface area contributed by atoms with Crippen molar-refractivity contribution in [1.82, 2.24) is 4.90 Å². The van der Waals surface area contributed by atoms with Gasteiger partial charge in [-0.3, -0.25) is 0 Å². The highest BCUT2D eigenvalue weighted by molar-refractivity contribution is 9.10. The molecule has 0 unspecified atom stereocenters. The highest BCUT2D eigenvalue weighted by Crippen LogP contribution is 2.35. The largest absolute Gasteiger partial charge is 0.491 e. The van der Waals surface area contributed by atoms with E-state index in [1.165, 1.54) is 18.9 Å². The zero-order chi connectivity index (χ0) is 15.5. The number of rotatable bonds is 6. The van der Waals surface area contributed by atoms with Crippen LogP contribution >= 0.6 is 27.5 Å². The first-order chi connectivity index (χ1) is 9.88. The first-order valence-electron chi connectivity index (χ1n) is 6.75. The van der Waals surface area contributed by atoms with Crippen LogP contribution < -0.4 is 9.88 Å². The molecule has 0 amide bonds. The molecule has 0 radical (unpaired) electrons. The third-order valence-electron chi connectivity index (χ3n) is 3.34. The Morgan fingerprint density at radius 2 is 2.00 bits per heavy atom. The molecule has 0 aliphatic carbocycles. The van der Waals surface area contributed by atoms with Crippen LogP contribution in [0.15, 0.2) is 21.5 Å². The van der Waals surface area contributed by atoms with Crippen LogP contribution in [0.3, 0.4) is 0 Å². The second-order valence-electron chi connectivity index (χ2n) is 5.01. The van der Waals surface area contributed by atoms with Gasteiger partial charge < -0.3 is 9.64 Å². The summed E-state index contributed by atoms with van der Waals surface area (Å²) < 4.78 is 29.3. The smallest absolute Gasteiger partial charge is 0.241 e. The number of benzene rings is 1. The lowest BCUT2D eigenvalue weighted by Gasteiger charge is -2.16. The first kappa shape index (κ1) is 17.0. The molecule has 0 atom stereocenters. The van der Waals surface area contributed by atoms with E-state index >= 15 is 0 Å². The molecule has 1 aliphatic rings. The Bertz CT molecular complexity index is 604. The Balaban J connectivity index is 2.01. The Morgan fingerprint density at radius 3 is 2.62 bits per heavy atom. The SMILES string of the molecule is NS(=O)(=O)c1cc(Br)cc(Cl)c1OCCCN1CCCC1. The monoisotopic (exact) mass is 396 g/mol. The molecule has 118 valence electrons. The number of primary sulfonamides is 1. The molecule has 1 aromatic carbocycles. The molecule has 1 saturated heterocycles. The van der Waals surface area contributed by atoms with Gasteiger partial charge >= 0.3 is 0 Å². The van der Waals surface area contributed by atoms with Gasteiger partial charge in [-0.2, -0.15) is 0 Å². The first-order valence-corrected chi connectivity index (χ1v) is 9.46. The third-order valence-corrected chi connectivity index (χ3v) is 5.00. The molecule has 0 bridgehead atoms. The van der Waals surface area contributed by atoms with Gasteiger partial charge in [0, 0.05) is 11.0 Å². The van der Waals surface area contributed by atoms with E-state index in [0.717, 1.165) is 26.1 Å². The Labute approximate surface area is 138 Å². The summed E-state index contributed by atoms with van der Waals surface area (Å²) in [5.41, 5.74) is 0. The van der Waals surface area contributed by atoms with E-state index in [2.05, 4.69) is 20.8 Å². The van der Waals surface area contributed by atoms with Crippen molar-refractivity contribution in [2.24, 2.45) is 5.14 Å². The van der Waals surface area contributed by atoms with Crippen LogP contribution in [0.25, 0.3) is 0 Å². The van der Waals surface area contributed by atoms with Crippen molar-refractivity contribution in [2.45, 2.75) is 24.2 Å². The Morgan fingerprint density at radius 1 is 1.33 bits per heavy atom. The van der Waals surface area contributed by atoms with Crippen LogP contribution in [0.2, 0.25) is 5.02 Å². The second-order valence-corrected chi connectivity index (χ2v) is 7.86. The average Bonchev–Trinajstić information content (AvgIpc) is 2.87. The number of hydrogen-bond donors (Lipinski definition) is 1. The summed E-state index contributed by atoms with van der Waals surface area (Å²) in [5, 5.41) is 5.43. The van der Waals surface area contributed by atoms with Gasteiger partial charge in [-0.15, -0.1) is 0 Å². The number of hydrogen-bond acceptors (Lipinski definition) is 4. The van der Waals surface area contributed by atoms with E-state index in [9.17, 15) is 8.42 Å². The van der Waals surface area contributed by atoms with Crippen molar-refractivity contribution in [3.63, 3.8) is 0 Å². The van der Waals surface area contributed by atoms with Crippen molar-refractivity contribution in [3.8, 4) is 5.75 Å². The molecule has 8 heteroatoms. The molecular weight excluding hydrogens is 380 g/mol. The van der Waals surface area contributed by atoms with Crippen LogP contribution in [0.5, 0.6) is 5.75 Å². The van der Waals surface area contributed by atoms with E-state index in [1.54, 1.807) is 6.07 Å². The summed E-state index contributed by atoms with van der Waals surface area (Å²) >= 11 is 9.26. The minimum Gasteiger partial charge on any atom is -0.491 e. The minimum atomic E-state index is -3.88. The topological polar surface area (TPSA) is 72.6 Å². The van der Waals surface area contributed by atoms with Crippen LogP contribution in [-0.4, -0.2) is 39.6 Å². The highest BCUT2D eigenvalue weighted by atomic mass is 79.9. The molecule has 1 heterocycles. The quantitative estimate of drug-likeness (QED) is 0.749. The fourth-order valence-corrected chi connectivity index (χ4v) is 4.15. The van der Waals surface area contributed by atoms with Gasteiger partial charge in [0.15, 0.2) is 5.75 Å². The molecule has 2 rings (SSSR count). The van der Waals surface area contributed by atoms with Gasteiger partial charge in [0.05, 0.1) is 11.6 Å². The lowest BCUT2D eigenvalue weighted by molar-refractivity contribution is 0.259. The second kappa shape index (κ2) is 7.28. The molecule has 5 nitrogen and oxygen atoms in total. The summed E-state index contributed by atoms with van der Waals surface area (Å²) in [7, 11) is -3.88. The average molecular weight is 398 g/mol. The summed E-state index contributed by atoms with van der Waals surface area (Å²) in [4.78, 5) is 2.27. The molecule has 0 aromatic heterocycles. The van der Waals surface area contributed by atoms with Gasteiger partial charge in [0.2, 0.25) is 10.0 Å². The van der Waals surface area contributed by atoms with E-state index < -0.39 is 10.0 Å². The van der Waals surface area contributed by atoms with Crippen molar-refractivity contribution < 1.29 is 13.2 Å². The number of halogens is 2. The van der Waals surface area contributed by atoms with Crippen molar-refractivity contribution in [1.29, 1.82) is 0 Å². The van der Waals surface area contributed by atoms with Crippen molar-refractivity contribution in [2.75, 3.05) is 26.2 Å². The van der Waals surface area contributed by atoms with Gasteiger partial charge in [-0.25, -0.2) is 13.6 Å². The lowest BCUT2D eigenvalue weighted by Crippen LogP contribution is -2.22. The Hall–Kier alpha value is -0.340. The number of nitrogens with zero attached hydrogens (tertiary/aromatic N) is 1. The maximum Gasteiger partial charge on any atom is 0.241 e. The van der Waals surface area contributed by atoms with Gasteiger partial charge in [-0.05, 0) is 44.5 Å². The maximum absolute atomic E-state index is 11.6. The third kappa shape index (κ3) is 4.82. The van der Waals surface area contributed by atoms with E-state index in [4.69, 9.17) is 21.5 Å². The normalized spacial score (nSPS) is 16.3. The number of nitrogens with two attached hydrogens (primary N) is 1. The molecule has 2 N–H and O–H groups in total. The van der Waals surface area contributed by atoms with E-state index in [1.807, 2.05) is 0 Å². The van der Waals surface area contributed by atoms with Crippen molar-refractivity contribution in [3.05, 3.63) is 21.6 Å². The summed E-state index contributed by atoms with van der Waals surface area (Å²) in [5.74, 6) is 0.129. The van der Waals surface area contributed by atoms with E-state index in [0.29, 0.717) is 11.1 Å². The summed E-state index contributed by atoms with van der Waals surface area (Å²) in [6, 6.07) is 2.99. The van der Waals surface area contributed by atoms with E-state index in [-0.39, 0.29) is 15.7 Å². The molecule has 0 saturated carbocycles. The standard InChI is InChI=1S/C13H18BrClN2O3S/c14-10-8-11(15)13(12(9-10)21(16,18)19)20-7-3-6-17-4-1-2-5-17/h8-9H,1-7H2,(H2,16,18,19). The predicted octanol–water partition coefficient (Wildman–Crippen LogP) is 2.61. The summed E-state index contributed by atoms with van der Waals surface area (Å²) in [6.45, 7) is 3.60. The molecule has 21 heavy (non-hydrogen) atoms. The van der Waals surface area contributed by atoms with Crippen LogP contribution in [0.1, 0.15) is 19.3 Å². The lowest BCUT2D eigenvalue weighted by atomic mass is 10.3. The maximum atomic E-state index is 11.6. The zero-order valence-corrected chi connectivity index (χ0v) is 14.7. The highest BCUT2D eigenvalue weighted by Gasteiger charge is 2.20. The minimum absolute atomic E-state index is 0.0944. The van der Waals surface area contributed by atoms with Crippen LogP contribution in [0.4, 0.5) is 0 Å². The molecule has 1 fully saturated rings. The molecule has 1 aliphatic heterocycles. The van der Waals surface area contributed by atoms with Crippen molar-refractivity contribution >= 4 is 37.6 Å². The fraction of sp³-hybridized carbons (Fsp3) is 0.538. The predicted molar refractivity (Wildman–Crippen MR) is 86.3 cm³/mol. The van der Waals surface area contributed by atoms with Gasteiger partial charge in [0.25, 0.3) is 0 Å². The number of ether oxygens (including phenoxy) is 1. The van der Waals surface area contributed by atoms with Crippen LogP contribution in [-0.2, 0) is 10.0 Å². The molecule has 0 spiro atoms.